The Kier molecular flexibility index (Phi) is 5.14. The van der Waals surface area contributed by atoms with E-state index in [0.717, 1.165) is 6.54 Å². The van der Waals surface area contributed by atoms with E-state index in [-0.39, 0.29) is 11.9 Å². The third-order valence-corrected chi connectivity index (χ3v) is 3.21. The number of para-hydroxylation sites is 1. The summed E-state index contributed by atoms with van der Waals surface area (Å²) in [5.74, 6) is 0.413. The molecule has 0 saturated carbocycles. The molecule has 1 aromatic carbocycles. The Hall–Kier alpha value is -1.40. The van der Waals surface area contributed by atoms with Crippen LogP contribution in [0.3, 0.4) is 0 Å². The normalized spacial score (nSPS) is 19.6. The number of likely N-dealkylation sites (tertiary alicyclic amines) is 1. The van der Waals surface area contributed by atoms with Gasteiger partial charge < -0.3 is 14.6 Å². The minimum atomic E-state index is -2.89. The first-order valence-electron chi connectivity index (χ1n) is 6.70. The third kappa shape index (κ3) is 3.80. The van der Waals surface area contributed by atoms with Crippen LogP contribution in [-0.4, -0.2) is 42.4 Å². The number of alkyl halides is 2. The molecule has 112 valence electrons. The topological polar surface area (TPSA) is 41.9 Å². The minimum absolute atomic E-state index is 0.0886. The molecule has 1 aliphatic heterocycles. The second-order valence-electron chi connectivity index (χ2n) is 4.73. The number of nitrogens with zero attached hydrogens (tertiary/aromatic N) is 1. The quantitative estimate of drug-likeness (QED) is 0.871. The van der Waals surface area contributed by atoms with E-state index in [2.05, 4.69) is 4.74 Å². The van der Waals surface area contributed by atoms with Crippen molar-refractivity contribution in [1.29, 1.82) is 0 Å². The van der Waals surface area contributed by atoms with Crippen LogP contribution >= 0.6 is 0 Å². The van der Waals surface area contributed by atoms with E-state index in [4.69, 9.17) is 4.74 Å². The van der Waals surface area contributed by atoms with Crippen LogP contribution in [0.5, 0.6) is 11.5 Å². The van der Waals surface area contributed by atoms with Crippen LogP contribution in [0, 0.1) is 0 Å². The Morgan fingerprint density at radius 2 is 2.25 bits per heavy atom. The van der Waals surface area contributed by atoms with Crippen LogP contribution in [0.2, 0.25) is 0 Å². The minimum Gasteiger partial charge on any atom is -0.490 e. The fourth-order valence-electron chi connectivity index (χ4n) is 2.37. The highest BCUT2D eigenvalue weighted by Gasteiger charge is 2.23. The second kappa shape index (κ2) is 6.85. The molecule has 0 amide bonds. The van der Waals surface area contributed by atoms with Gasteiger partial charge in [0, 0.05) is 25.2 Å². The van der Waals surface area contributed by atoms with E-state index in [1.807, 2.05) is 4.90 Å². The number of hydrogen-bond donors (Lipinski definition) is 1. The number of β-amino-alcohol motifs (C(OH)–C–C–N with tert-alkyl or cyclic N) is 1. The van der Waals surface area contributed by atoms with E-state index in [1.165, 1.54) is 0 Å². The Morgan fingerprint density at radius 3 is 2.85 bits per heavy atom. The molecule has 1 fully saturated rings. The van der Waals surface area contributed by atoms with Gasteiger partial charge in [0.1, 0.15) is 0 Å². The number of aliphatic hydroxyl groups excluding tert-OH is 1. The summed E-state index contributed by atoms with van der Waals surface area (Å²) in [6, 6.07) is 5.11. The van der Waals surface area contributed by atoms with Crippen molar-refractivity contribution in [1.82, 2.24) is 4.90 Å². The maximum absolute atomic E-state index is 12.6. The van der Waals surface area contributed by atoms with Crippen molar-refractivity contribution in [3.63, 3.8) is 0 Å². The van der Waals surface area contributed by atoms with Gasteiger partial charge in [-0.1, -0.05) is 12.1 Å². The highest BCUT2D eigenvalue weighted by atomic mass is 19.3. The summed E-state index contributed by atoms with van der Waals surface area (Å²) in [7, 11) is 0. The standard InChI is InChI=1S/C14H19F2NO3/c1-2-19-12-5-3-4-10(13(12)20-14(15)16)8-17-7-6-11(18)9-17/h3-5,11,14,18H,2,6-9H2,1H3/t11-/m1/s1. The lowest BCUT2D eigenvalue weighted by Gasteiger charge is -2.19. The molecule has 1 heterocycles. The molecule has 1 N–H and O–H groups in total. The number of hydrogen-bond acceptors (Lipinski definition) is 4. The number of benzene rings is 1. The molecule has 1 atom stereocenters. The molecule has 1 aromatic rings. The fourth-order valence-corrected chi connectivity index (χ4v) is 2.37. The highest BCUT2D eigenvalue weighted by molar-refractivity contribution is 5.46. The predicted molar refractivity (Wildman–Crippen MR) is 70.1 cm³/mol. The summed E-state index contributed by atoms with van der Waals surface area (Å²) in [5, 5.41) is 9.51. The predicted octanol–water partition coefficient (Wildman–Crippen LogP) is 2.25. The van der Waals surface area contributed by atoms with Crippen molar-refractivity contribution in [2.45, 2.75) is 32.6 Å². The van der Waals surface area contributed by atoms with E-state index in [1.54, 1.807) is 25.1 Å². The van der Waals surface area contributed by atoms with Crippen molar-refractivity contribution in [3.8, 4) is 11.5 Å². The largest absolute Gasteiger partial charge is 0.490 e. The van der Waals surface area contributed by atoms with Crippen molar-refractivity contribution in [2.75, 3.05) is 19.7 Å². The average Bonchev–Trinajstić information content (AvgIpc) is 2.78. The van der Waals surface area contributed by atoms with Gasteiger partial charge in [-0.3, -0.25) is 4.90 Å². The number of rotatable bonds is 6. The molecule has 4 nitrogen and oxygen atoms in total. The van der Waals surface area contributed by atoms with Crippen LogP contribution in [0.4, 0.5) is 8.78 Å². The molecule has 0 spiro atoms. The SMILES string of the molecule is CCOc1cccc(CN2CC[C@@H](O)C2)c1OC(F)F. The number of ether oxygens (including phenoxy) is 2. The first-order chi connectivity index (χ1) is 9.60. The molecule has 0 unspecified atom stereocenters. The Morgan fingerprint density at radius 1 is 1.45 bits per heavy atom. The molecular weight excluding hydrogens is 268 g/mol. The zero-order chi connectivity index (χ0) is 14.5. The van der Waals surface area contributed by atoms with E-state index in [0.29, 0.717) is 37.4 Å². The maximum Gasteiger partial charge on any atom is 0.387 e. The summed E-state index contributed by atoms with van der Waals surface area (Å²) in [6.07, 6.45) is 0.362. The van der Waals surface area contributed by atoms with E-state index in [9.17, 15) is 13.9 Å². The lowest BCUT2D eigenvalue weighted by atomic mass is 10.1. The number of halogens is 2. The van der Waals surface area contributed by atoms with Gasteiger partial charge in [0.25, 0.3) is 0 Å². The molecule has 1 saturated heterocycles. The summed E-state index contributed by atoms with van der Waals surface area (Å²) in [5.41, 5.74) is 0.644. The molecule has 6 heteroatoms. The summed E-state index contributed by atoms with van der Waals surface area (Å²) >= 11 is 0. The lowest BCUT2D eigenvalue weighted by molar-refractivity contribution is -0.0523. The molecule has 20 heavy (non-hydrogen) atoms. The van der Waals surface area contributed by atoms with Crippen molar-refractivity contribution >= 4 is 0 Å². The molecule has 0 radical (unpaired) electrons. The lowest BCUT2D eigenvalue weighted by Crippen LogP contribution is -2.22. The van der Waals surface area contributed by atoms with Crippen molar-refractivity contribution < 1.29 is 23.4 Å². The number of aliphatic hydroxyl groups is 1. The molecule has 1 aliphatic rings. The van der Waals surface area contributed by atoms with Gasteiger partial charge in [-0.05, 0) is 19.4 Å². The Labute approximate surface area is 116 Å². The van der Waals surface area contributed by atoms with Gasteiger partial charge in [0.15, 0.2) is 11.5 Å². The second-order valence-corrected chi connectivity index (χ2v) is 4.73. The molecule has 0 aliphatic carbocycles. The van der Waals surface area contributed by atoms with Gasteiger partial charge in [-0.25, -0.2) is 0 Å². The zero-order valence-electron chi connectivity index (χ0n) is 11.4. The monoisotopic (exact) mass is 287 g/mol. The first kappa shape index (κ1) is 15.0. The molecule has 0 aromatic heterocycles. The summed E-state index contributed by atoms with van der Waals surface area (Å²) in [6.45, 7) is 1.03. The van der Waals surface area contributed by atoms with Crippen molar-refractivity contribution in [3.05, 3.63) is 23.8 Å². The smallest absolute Gasteiger partial charge is 0.387 e. The zero-order valence-corrected chi connectivity index (χ0v) is 11.4. The maximum atomic E-state index is 12.6. The van der Waals surface area contributed by atoms with Crippen LogP contribution in [0.1, 0.15) is 18.9 Å². The van der Waals surface area contributed by atoms with E-state index >= 15 is 0 Å². The van der Waals surface area contributed by atoms with Crippen LogP contribution in [0.25, 0.3) is 0 Å². The Bertz CT molecular complexity index is 442. The van der Waals surface area contributed by atoms with Crippen LogP contribution in [0.15, 0.2) is 18.2 Å². The van der Waals surface area contributed by atoms with Gasteiger partial charge in [0.05, 0.1) is 12.7 Å². The highest BCUT2D eigenvalue weighted by Crippen LogP contribution is 2.34. The Balaban J connectivity index is 2.19. The molecule has 2 rings (SSSR count). The molecular formula is C14H19F2NO3. The van der Waals surface area contributed by atoms with Gasteiger partial charge in [-0.2, -0.15) is 8.78 Å². The average molecular weight is 287 g/mol. The van der Waals surface area contributed by atoms with Gasteiger partial charge in [-0.15, -0.1) is 0 Å². The third-order valence-electron chi connectivity index (χ3n) is 3.21. The first-order valence-corrected chi connectivity index (χ1v) is 6.70. The van der Waals surface area contributed by atoms with Gasteiger partial charge in [0.2, 0.25) is 0 Å². The summed E-state index contributed by atoms with van der Waals surface area (Å²) < 4.78 is 35.1. The molecule has 0 bridgehead atoms. The van der Waals surface area contributed by atoms with E-state index < -0.39 is 6.61 Å². The summed E-state index contributed by atoms with van der Waals surface area (Å²) in [4.78, 5) is 2.01. The van der Waals surface area contributed by atoms with Crippen LogP contribution < -0.4 is 9.47 Å². The van der Waals surface area contributed by atoms with Crippen LogP contribution in [-0.2, 0) is 6.54 Å². The van der Waals surface area contributed by atoms with Gasteiger partial charge >= 0.3 is 6.61 Å². The fraction of sp³-hybridized carbons (Fsp3) is 0.571. The van der Waals surface area contributed by atoms with Crippen molar-refractivity contribution in [2.24, 2.45) is 0 Å².